The van der Waals surface area contributed by atoms with Crippen molar-refractivity contribution in [1.82, 2.24) is 59.5 Å². The van der Waals surface area contributed by atoms with E-state index in [1.165, 1.54) is 0 Å². The first-order valence-corrected chi connectivity index (χ1v) is 25.2. The molecule has 0 spiro atoms. The number of rotatable bonds is 12. The lowest BCUT2D eigenvalue weighted by atomic mass is 10.0. The first-order valence-electron chi connectivity index (χ1n) is 25.2. The van der Waals surface area contributed by atoms with E-state index >= 15 is 0 Å². The molecule has 2 atom stereocenters. The van der Waals surface area contributed by atoms with Crippen molar-refractivity contribution in [2.24, 2.45) is 7.05 Å². The van der Waals surface area contributed by atoms with Gasteiger partial charge in [-0.05, 0) is 93.1 Å². The molecule has 20 heteroatoms. The molecular formula is C54H50N16O4. The molecule has 0 saturated carbocycles. The van der Waals surface area contributed by atoms with Crippen LogP contribution >= 0.6 is 0 Å². The van der Waals surface area contributed by atoms with Gasteiger partial charge >= 0.3 is 0 Å². The number of pyridine rings is 6. The van der Waals surface area contributed by atoms with Gasteiger partial charge in [0, 0.05) is 123 Å². The molecule has 74 heavy (non-hydrogen) atoms. The molecule has 8 aromatic heterocycles. The van der Waals surface area contributed by atoms with Gasteiger partial charge in [-0.2, -0.15) is 0 Å². The minimum atomic E-state index is -0.220. The van der Waals surface area contributed by atoms with Gasteiger partial charge in [-0.3, -0.25) is 48.7 Å². The lowest BCUT2D eigenvalue weighted by Gasteiger charge is -2.35. The number of hydrogen-bond donors (Lipinski definition) is 4. The average Bonchev–Trinajstić information content (AvgIpc) is 4.25. The normalized spacial score (nSPS) is 19.5. The van der Waals surface area contributed by atoms with Crippen LogP contribution in [-0.2, 0) is 36.3 Å². The third kappa shape index (κ3) is 7.33. The van der Waals surface area contributed by atoms with E-state index in [0.717, 1.165) is 83.3 Å². The summed E-state index contributed by atoms with van der Waals surface area (Å²) in [6.07, 6.45) is 14.0. The quantitative estimate of drug-likeness (QED) is 0.119. The molecule has 14 rings (SSSR count). The van der Waals surface area contributed by atoms with E-state index in [2.05, 4.69) is 36.1 Å². The highest BCUT2D eigenvalue weighted by Crippen LogP contribution is 2.39. The van der Waals surface area contributed by atoms with E-state index in [4.69, 9.17) is 24.9 Å². The molecule has 6 aliphatic heterocycles. The Labute approximate surface area is 423 Å². The fourth-order valence-corrected chi connectivity index (χ4v) is 11.6. The van der Waals surface area contributed by atoms with Crippen molar-refractivity contribution >= 4 is 80.3 Å². The molecule has 0 aromatic carbocycles. The maximum absolute atomic E-state index is 13.8. The molecule has 0 unspecified atom stereocenters. The smallest absolute Gasteiger partial charge is 0.254 e. The number of aromatic nitrogens is 8. The van der Waals surface area contributed by atoms with Gasteiger partial charge in [0.15, 0.2) is 0 Å². The van der Waals surface area contributed by atoms with Crippen molar-refractivity contribution in [2.45, 2.75) is 57.4 Å². The van der Waals surface area contributed by atoms with Gasteiger partial charge in [-0.1, -0.05) is 6.07 Å². The van der Waals surface area contributed by atoms with E-state index < -0.39 is 0 Å². The molecule has 0 aliphatic carbocycles. The van der Waals surface area contributed by atoms with E-state index in [9.17, 15) is 19.2 Å². The van der Waals surface area contributed by atoms with Gasteiger partial charge < -0.3 is 30.4 Å². The lowest BCUT2D eigenvalue weighted by Crippen LogP contribution is -2.46. The highest BCUT2D eigenvalue weighted by Gasteiger charge is 2.39. The van der Waals surface area contributed by atoms with Crippen LogP contribution in [-0.4, -0.2) is 124 Å². The number of carbonyl (C=O) groups is 4. The Kier molecular flexibility index (Phi) is 10.3. The van der Waals surface area contributed by atoms with Crippen LogP contribution in [0.2, 0.25) is 0 Å². The van der Waals surface area contributed by atoms with Gasteiger partial charge in [0.25, 0.3) is 11.8 Å². The number of carbonyl (C=O) groups excluding carboxylic acids is 4. The molecule has 4 N–H and O–H groups in total. The summed E-state index contributed by atoms with van der Waals surface area (Å²) in [4.78, 5) is 91.5. The van der Waals surface area contributed by atoms with Gasteiger partial charge in [-0.25, -0.2) is 19.9 Å². The van der Waals surface area contributed by atoms with E-state index in [0.29, 0.717) is 102 Å². The maximum Gasteiger partial charge on any atom is 0.254 e. The van der Waals surface area contributed by atoms with Crippen LogP contribution in [0.3, 0.4) is 0 Å². The third-order valence-electron chi connectivity index (χ3n) is 15.7. The second-order valence-corrected chi connectivity index (χ2v) is 20.0. The maximum atomic E-state index is 13.8. The Morgan fingerprint density at radius 2 is 1.19 bits per heavy atom. The van der Waals surface area contributed by atoms with Gasteiger partial charge in [0.1, 0.15) is 34.6 Å². The summed E-state index contributed by atoms with van der Waals surface area (Å²) >= 11 is 0. The van der Waals surface area contributed by atoms with Crippen molar-refractivity contribution < 1.29 is 19.2 Å². The molecule has 4 fully saturated rings. The Bertz CT molecular complexity index is 3690. The summed E-state index contributed by atoms with van der Waals surface area (Å²) in [5.74, 6) is 1.69. The Morgan fingerprint density at radius 1 is 0.622 bits per heavy atom. The number of anilines is 6. The summed E-state index contributed by atoms with van der Waals surface area (Å²) in [7, 11) is 1.95. The first kappa shape index (κ1) is 44.1. The monoisotopic (exact) mass is 986 g/mol. The topological polar surface area (TPSA) is 217 Å². The molecule has 8 aromatic rings. The molecule has 0 bridgehead atoms. The number of nitrogens with one attached hydrogen (secondary N) is 4. The molecule has 0 radical (unpaired) electrons. The van der Waals surface area contributed by atoms with Crippen LogP contribution < -0.4 is 31.1 Å². The second kappa shape index (κ2) is 17.3. The van der Waals surface area contributed by atoms with Crippen LogP contribution in [0.5, 0.6) is 0 Å². The highest BCUT2D eigenvalue weighted by atomic mass is 16.2. The van der Waals surface area contributed by atoms with Crippen LogP contribution in [0.15, 0.2) is 91.8 Å². The van der Waals surface area contributed by atoms with Crippen LogP contribution in [0.4, 0.5) is 34.6 Å². The van der Waals surface area contributed by atoms with Crippen molar-refractivity contribution in [2.75, 3.05) is 59.7 Å². The summed E-state index contributed by atoms with van der Waals surface area (Å²) < 4.78 is 4.01. The Hall–Kier alpha value is -8.62. The van der Waals surface area contributed by atoms with E-state index in [1.807, 2.05) is 83.2 Å². The number of hydrogen-bond acceptors (Lipinski definition) is 14. The highest BCUT2D eigenvalue weighted by molar-refractivity contribution is 6.08. The molecule has 20 nitrogen and oxygen atoms in total. The number of fused-ring (bicyclic) bond motifs is 4. The predicted molar refractivity (Wildman–Crippen MR) is 277 cm³/mol. The summed E-state index contributed by atoms with van der Waals surface area (Å²) in [5.41, 5.74) is 8.97. The summed E-state index contributed by atoms with van der Waals surface area (Å²) in [6.45, 7) is 6.12. The zero-order valence-electron chi connectivity index (χ0n) is 40.5. The number of aryl methyl sites for hydroxylation is 1. The summed E-state index contributed by atoms with van der Waals surface area (Å²) in [5, 5.41) is 14.6. The van der Waals surface area contributed by atoms with Gasteiger partial charge in [0.05, 0.1) is 46.3 Å². The number of nitrogens with zero attached hydrogens (tertiary/aromatic N) is 12. The third-order valence-corrected chi connectivity index (χ3v) is 15.7. The molecular weight excluding hydrogens is 937 g/mol. The van der Waals surface area contributed by atoms with E-state index in [1.54, 1.807) is 34.6 Å². The molecule has 370 valence electrons. The van der Waals surface area contributed by atoms with Crippen molar-refractivity contribution in [3.63, 3.8) is 0 Å². The number of amides is 4. The molecule has 6 aliphatic rings. The molecule has 4 saturated heterocycles. The van der Waals surface area contributed by atoms with Crippen molar-refractivity contribution in [3.05, 3.63) is 120 Å². The average molecular weight is 987 g/mol. The Balaban J connectivity index is 0.781. The minimum absolute atomic E-state index is 0.0133. The van der Waals surface area contributed by atoms with Gasteiger partial charge in [0.2, 0.25) is 11.8 Å². The minimum Gasteiger partial charge on any atom is -0.348 e. The second-order valence-electron chi connectivity index (χ2n) is 20.0. The predicted octanol–water partition coefficient (Wildman–Crippen LogP) is 5.48. The molecule has 4 amide bonds. The van der Waals surface area contributed by atoms with Crippen molar-refractivity contribution in [1.29, 1.82) is 0 Å². The lowest BCUT2D eigenvalue weighted by molar-refractivity contribution is -0.118. The SMILES string of the molecule is Cn1ccc2c(-c3ncc(Nc4cc(Cn5ccc6c(-c7ncc(Nc8cccc(N9C[C@H](N%10CCC%10)CC9=O)n8)c8c7CNC8=O)ccnc65)cc(N5C[C@@H](N6CCC6)CC5=O)n4)c4c3CNC4=O)ccnc21. The fourth-order valence-electron chi connectivity index (χ4n) is 11.6. The zero-order valence-corrected chi connectivity index (χ0v) is 40.5. The van der Waals surface area contributed by atoms with E-state index in [-0.39, 0.29) is 42.3 Å². The van der Waals surface area contributed by atoms with Gasteiger partial charge in [-0.15, -0.1) is 0 Å². The zero-order chi connectivity index (χ0) is 49.8. The largest absolute Gasteiger partial charge is 0.348 e. The van der Waals surface area contributed by atoms with Crippen molar-refractivity contribution in [3.8, 4) is 22.5 Å². The van der Waals surface area contributed by atoms with Crippen LogP contribution in [0.25, 0.3) is 44.6 Å². The summed E-state index contributed by atoms with van der Waals surface area (Å²) in [6, 6.07) is 17.6. The van der Waals surface area contributed by atoms with Crippen LogP contribution in [0.1, 0.15) is 63.1 Å². The fraction of sp³-hybridized carbons (Fsp3) is 0.296. The van der Waals surface area contributed by atoms with Crippen LogP contribution in [0, 0.1) is 0 Å². The molecule has 14 heterocycles. The Morgan fingerprint density at radius 3 is 1.81 bits per heavy atom. The first-order chi connectivity index (χ1) is 36.2. The number of likely N-dealkylation sites (tertiary alicyclic amines) is 2. The standard InChI is InChI=1S/C54H50N16O4/c1-65-17-9-35-33(7-11-55-51(35)65)49-38-24-60-54(74)48(38)40(26-58-49)62-42-19-30(20-44(64-42)70-29-32(22-46(70)72)67-15-4-16-67)27-68-18-10-36-34(8-12-56-52(36)68)50-37-23-59-53(73)47(37)39(25-57-50)61-41-5-2-6-43(63-41)69-28-31(21-45(69)71)66-13-3-14-66/h2,5-12,17-20,25-26,31-32H,3-4,13-16,21-24,27-29H2,1H3,(H,59,73)(H,60,74)(H,61,63)(H,62,64)/t31-,32+/m1/s1.